The van der Waals surface area contributed by atoms with Gasteiger partial charge in [-0.2, -0.15) is 0 Å². The fourth-order valence-electron chi connectivity index (χ4n) is 8.81. The van der Waals surface area contributed by atoms with Crippen molar-refractivity contribution in [2.24, 2.45) is 5.73 Å². The zero-order chi connectivity index (χ0) is 48.8. The van der Waals surface area contributed by atoms with Crippen molar-refractivity contribution in [1.29, 1.82) is 0 Å². The summed E-state index contributed by atoms with van der Waals surface area (Å²) < 4.78 is 33.0. The second-order valence-electron chi connectivity index (χ2n) is 19.9. The van der Waals surface area contributed by atoms with Gasteiger partial charge in [-0.1, -0.05) is 270 Å². The van der Waals surface area contributed by atoms with Gasteiger partial charge in [0.05, 0.1) is 13.2 Å². The fourth-order valence-corrected chi connectivity index (χ4v) is 9.58. The number of rotatable bonds is 56. The van der Waals surface area contributed by atoms with Gasteiger partial charge < -0.3 is 20.1 Å². The lowest BCUT2D eigenvalue weighted by molar-refractivity contribution is -0.161. The molecule has 0 rings (SSSR count). The maximum Gasteiger partial charge on any atom is 0.472 e. The van der Waals surface area contributed by atoms with Crippen LogP contribution in [0.25, 0.3) is 0 Å². The zero-order valence-corrected chi connectivity index (χ0v) is 45.3. The van der Waals surface area contributed by atoms with Crippen LogP contribution in [0.5, 0.6) is 0 Å². The highest BCUT2D eigenvalue weighted by Crippen LogP contribution is 2.43. The van der Waals surface area contributed by atoms with Gasteiger partial charge in [0.2, 0.25) is 0 Å². The summed E-state index contributed by atoms with van der Waals surface area (Å²) >= 11 is 0. The van der Waals surface area contributed by atoms with Crippen LogP contribution in [-0.4, -0.2) is 49.3 Å². The van der Waals surface area contributed by atoms with Gasteiger partial charge in [0.15, 0.2) is 6.10 Å². The Labute approximate surface area is 415 Å². The Morgan fingerprint density at radius 3 is 1.06 bits per heavy atom. The van der Waals surface area contributed by atoms with Crippen molar-refractivity contribution in [2.45, 2.75) is 315 Å². The summed E-state index contributed by atoms with van der Waals surface area (Å²) in [5.74, 6) is -0.806. The van der Waals surface area contributed by atoms with E-state index in [4.69, 9.17) is 24.3 Å². The van der Waals surface area contributed by atoms with E-state index in [0.717, 1.165) is 32.1 Å². The summed E-state index contributed by atoms with van der Waals surface area (Å²) in [6, 6.07) is 0. The molecule has 0 bridgehead atoms. The van der Waals surface area contributed by atoms with Crippen LogP contribution in [0.15, 0.2) is 12.2 Å². The zero-order valence-electron chi connectivity index (χ0n) is 44.4. The topological polar surface area (TPSA) is 134 Å². The second-order valence-corrected chi connectivity index (χ2v) is 21.3. The van der Waals surface area contributed by atoms with E-state index in [2.05, 4.69) is 26.0 Å². The third kappa shape index (κ3) is 53.9. The molecule has 0 aromatic rings. The number of esters is 2. The summed E-state index contributed by atoms with van der Waals surface area (Å²) in [6.07, 6.45) is 61.3. The molecule has 0 heterocycles. The Kier molecular flexibility index (Phi) is 53.1. The number of hydrogen-bond donors (Lipinski definition) is 2. The van der Waals surface area contributed by atoms with Crippen LogP contribution in [0.3, 0.4) is 0 Å². The first kappa shape index (κ1) is 65.8. The number of phosphoric acid groups is 1. The average Bonchev–Trinajstić information content (AvgIpc) is 3.32. The minimum Gasteiger partial charge on any atom is -0.462 e. The van der Waals surface area contributed by atoms with Crippen molar-refractivity contribution < 1.29 is 37.6 Å². The minimum atomic E-state index is -4.38. The molecular formula is C57H112NO8P. The monoisotopic (exact) mass is 970 g/mol. The molecule has 0 saturated carbocycles. The molecule has 0 saturated heterocycles. The molecule has 9 nitrogen and oxygen atoms in total. The molecule has 2 atom stereocenters. The molecule has 0 aromatic heterocycles. The number of ether oxygens (including phenoxy) is 2. The summed E-state index contributed by atoms with van der Waals surface area (Å²) in [5.41, 5.74) is 5.38. The van der Waals surface area contributed by atoms with Crippen LogP contribution in [0, 0.1) is 0 Å². The lowest BCUT2D eigenvalue weighted by Crippen LogP contribution is -2.29. The molecule has 0 aliphatic heterocycles. The van der Waals surface area contributed by atoms with Gasteiger partial charge in [-0.15, -0.1) is 0 Å². The lowest BCUT2D eigenvalue weighted by atomic mass is 10.0. The van der Waals surface area contributed by atoms with Crippen molar-refractivity contribution >= 4 is 19.8 Å². The molecular weight excluding hydrogens is 858 g/mol. The van der Waals surface area contributed by atoms with E-state index in [9.17, 15) is 19.0 Å². The molecule has 0 spiro atoms. The van der Waals surface area contributed by atoms with E-state index in [0.29, 0.717) is 6.42 Å². The summed E-state index contributed by atoms with van der Waals surface area (Å²) in [7, 11) is -4.38. The number of allylic oxidation sites excluding steroid dienone is 2. The van der Waals surface area contributed by atoms with Crippen LogP contribution < -0.4 is 5.73 Å². The summed E-state index contributed by atoms with van der Waals surface area (Å²) in [6.45, 7) is 3.81. The smallest absolute Gasteiger partial charge is 0.462 e. The number of carbonyl (C=O) groups excluding carboxylic acids is 2. The molecule has 398 valence electrons. The van der Waals surface area contributed by atoms with Crippen LogP contribution in [-0.2, 0) is 32.7 Å². The van der Waals surface area contributed by atoms with E-state index < -0.39 is 26.5 Å². The lowest BCUT2D eigenvalue weighted by Gasteiger charge is -2.19. The number of unbranched alkanes of at least 4 members (excludes halogenated alkanes) is 41. The molecule has 3 N–H and O–H groups in total. The highest BCUT2D eigenvalue weighted by Gasteiger charge is 2.26. The standard InChI is InChI=1S/C57H112NO8P/c1-3-5-7-9-11-13-15-17-19-21-22-23-24-25-26-27-28-29-30-31-32-34-36-38-40-42-44-46-48-50-57(60)66-55(54-65-67(61,62)64-52-51-58)53-63-56(59)49-47-45-43-41-39-37-35-33-20-18-16-14-12-10-8-6-4-2/h21-22,55H,3-20,23-54,58H2,1-2H3,(H,61,62)/b22-21-. The summed E-state index contributed by atoms with van der Waals surface area (Å²) in [5, 5.41) is 0. The van der Waals surface area contributed by atoms with Gasteiger partial charge in [-0.3, -0.25) is 18.6 Å². The number of nitrogens with two attached hydrogens (primary N) is 1. The Bertz CT molecular complexity index is 1110. The molecule has 0 amide bonds. The van der Waals surface area contributed by atoms with Crippen LogP contribution in [0.1, 0.15) is 309 Å². The minimum absolute atomic E-state index is 0.0574. The Morgan fingerprint density at radius 2 is 0.731 bits per heavy atom. The molecule has 67 heavy (non-hydrogen) atoms. The molecule has 2 unspecified atom stereocenters. The van der Waals surface area contributed by atoms with Crippen molar-refractivity contribution in [2.75, 3.05) is 26.4 Å². The average molecular weight is 970 g/mol. The Morgan fingerprint density at radius 1 is 0.433 bits per heavy atom. The number of phosphoric ester groups is 1. The van der Waals surface area contributed by atoms with E-state index in [1.54, 1.807) is 0 Å². The van der Waals surface area contributed by atoms with Gasteiger partial charge in [-0.05, 0) is 38.5 Å². The number of hydrogen-bond acceptors (Lipinski definition) is 8. The molecule has 0 fully saturated rings. The maximum atomic E-state index is 12.7. The first-order valence-corrected chi connectivity index (χ1v) is 30.7. The van der Waals surface area contributed by atoms with Crippen LogP contribution in [0.2, 0.25) is 0 Å². The molecule has 0 radical (unpaired) electrons. The Balaban J connectivity index is 3.88. The van der Waals surface area contributed by atoms with Crippen molar-refractivity contribution in [3.8, 4) is 0 Å². The van der Waals surface area contributed by atoms with E-state index in [-0.39, 0.29) is 38.6 Å². The number of carbonyl (C=O) groups is 2. The van der Waals surface area contributed by atoms with E-state index in [1.807, 2.05) is 0 Å². The predicted octanol–water partition coefficient (Wildman–Crippen LogP) is 18.1. The fraction of sp³-hybridized carbons (Fsp3) is 0.930. The van der Waals surface area contributed by atoms with Gasteiger partial charge in [0.25, 0.3) is 0 Å². The van der Waals surface area contributed by atoms with Gasteiger partial charge in [-0.25, -0.2) is 4.57 Å². The van der Waals surface area contributed by atoms with E-state index >= 15 is 0 Å². The van der Waals surface area contributed by atoms with Crippen molar-refractivity contribution in [1.82, 2.24) is 0 Å². The quantitative estimate of drug-likeness (QED) is 0.0264. The largest absolute Gasteiger partial charge is 0.472 e. The first-order valence-electron chi connectivity index (χ1n) is 29.2. The summed E-state index contributed by atoms with van der Waals surface area (Å²) in [4.78, 5) is 35.1. The van der Waals surface area contributed by atoms with Gasteiger partial charge in [0.1, 0.15) is 6.61 Å². The third-order valence-electron chi connectivity index (χ3n) is 13.2. The van der Waals surface area contributed by atoms with Gasteiger partial charge >= 0.3 is 19.8 Å². The SMILES string of the molecule is CCCCCCCCCC/C=C\CCCCCCCCCCCCCCCCCCCC(=O)OC(COC(=O)CCCCCCCCCCCCCCCCCCC)COP(=O)(O)OCCN. The van der Waals surface area contributed by atoms with Crippen LogP contribution >= 0.6 is 7.82 Å². The van der Waals surface area contributed by atoms with Crippen molar-refractivity contribution in [3.05, 3.63) is 12.2 Å². The molecule has 0 aliphatic carbocycles. The normalized spacial score (nSPS) is 13.1. The molecule has 10 heteroatoms. The molecule has 0 aromatic carbocycles. The van der Waals surface area contributed by atoms with Crippen LogP contribution in [0.4, 0.5) is 0 Å². The highest BCUT2D eigenvalue weighted by molar-refractivity contribution is 7.47. The first-order chi connectivity index (χ1) is 32.8. The Hall–Kier alpha value is -1.25. The predicted molar refractivity (Wildman–Crippen MR) is 284 cm³/mol. The van der Waals surface area contributed by atoms with E-state index in [1.165, 1.54) is 244 Å². The highest BCUT2D eigenvalue weighted by atomic mass is 31.2. The van der Waals surface area contributed by atoms with Gasteiger partial charge in [0, 0.05) is 19.4 Å². The molecule has 0 aliphatic rings. The second kappa shape index (κ2) is 54.1. The van der Waals surface area contributed by atoms with Crippen molar-refractivity contribution in [3.63, 3.8) is 0 Å². The third-order valence-corrected chi connectivity index (χ3v) is 14.1. The maximum absolute atomic E-state index is 12.7.